The number of allylic oxidation sites excluding steroid dienone is 2. The van der Waals surface area contributed by atoms with E-state index in [9.17, 15) is 0 Å². The molecule has 0 bridgehead atoms. The molecule has 0 N–H and O–H groups in total. The minimum absolute atomic E-state index is 0.0445. The van der Waals surface area contributed by atoms with Gasteiger partial charge in [-0.15, -0.1) is 0 Å². The molecule has 0 atom stereocenters. The standard InChI is InChI=1S/C58H64Si/c1-55(2,3)43-29-41(30-44(35-43)56(4,5)6)51-27-19-21-39-33-49(37-53(39)51)59(47-23-15-13-16-24-47,48-25-17-14-18-26-48)50-34-40-22-20-28-52(54(40)38-50)42-31-45(57(7,8)9)36-46(32-42)58(10,11)12/h13-32,35-38H,33-34H2,1-12H3. The molecule has 2 aliphatic rings. The van der Waals surface area contributed by atoms with E-state index in [-0.39, 0.29) is 21.7 Å². The summed E-state index contributed by atoms with van der Waals surface area (Å²) in [5.74, 6) is 0. The van der Waals surface area contributed by atoms with Gasteiger partial charge in [-0.05, 0) is 112 Å². The summed E-state index contributed by atoms with van der Waals surface area (Å²) in [7, 11) is -2.77. The first-order valence-corrected chi connectivity index (χ1v) is 23.8. The van der Waals surface area contributed by atoms with Crippen LogP contribution in [0.25, 0.3) is 34.4 Å². The molecule has 0 spiro atoms. The van der Waals surface area contributed by atoms with Gasteiger partial charge in [0.15, 0.2) is 8.07 Å². The molecule has 6 aromatic rings. The zero-order valence-electron chi connectivity index (χ0n) is 37.8. The van der Waals surface area contributed by atoms with Crippen molar-refractivity contribution in [2.75, 3.05) is 0 Å². The molecule has 0 fully saturated rings. The van der Waals surface area contributed by atoms with Crippen LogP contribution in [0.5, 0.6) is 0 Å². The molecule has 6 aromatic carbocycles. The number of hydrogen-bond donors (Lipinski definition) is 0. The second-order valence-corrected chi connectivity index (χ2v) is 25.5. The predicted octanol–water partition coefficient (Wildman–Crippen LogP) is 14.1. The van der Waals surface area contributed by atoms with Crippen LogP contribution in [0, 0.1) is 0 Å². The maximum absolute atomic E-state index is 2.77. The highest BCUT2D eigenvalue weighted by atomic mass is 28.3. The third kappa shape index (κ3) is 7.57. The van der Waals surface area contributed by atoms with E-state index in [0.717, 1.165) is 12.8 Å². The van der Waals surface area contributed by atoms with Gasteiger partial charge in [0.1, 0.15) is 0 Å². The van der Waals surface area contributed by atoms with E-state index in [1.165, 1.54) is 77.1 Å². The van der Waals surface area contributed by atoms with E-state index in [2.05, 4.69) is 229 Å². The summed E-state index contributed by atoms with van der Waals surface area (Å²) in [5, 5.41) is 6.07. The summed E-state index contributed by atoms with van der Waals surface area (Å²) in [6.45, 7) is 28.1. The predicted molar refractivity (Wildman–Crippen MR) is 260 cm³/mol. The number of rotatable bonds is 6. The lowest BCUT2D eigenvalue weighted by atomic mass is 9.78. The zero-order valence-corrected chi connectivity index (χ0v) is 38.8. The second-order valence-electron chi connectivity index (χ2n) is 21.5. The fourth-order valence-electron chi connectivity index (χ4n) is 9.51. The van der Waals surface area contributed by atoms with Crippen molar-refractivity contribution in [3.05, 3.63) is 188 Å². The molecular weight excluding hydrogens is 725 g/mol. The van der Waals surface area contributed by atoms with Crippen molar-refractivity contribution in [3.63, 3.8) is 0 Å². The van der Waals surface area contributed by atoms with Crippen LogP contribution in [0.1, 0.15) is 128 Å². The first-order valence-electron chi connectivity index (χ1n) is 21.8. The number of hydrogen-bond acceptors (Lipinski definition) is 0. The molecule has 0 nitrogen and oxygen atoms in total. The molecule has 0 saturated carbocycles. The maximum atomic E-state index is 2.64. The summed E-state index contributed by atoms with van der Waals surface area (Å²) in [6.07, 6.45) is 7.19. The molecule has 1 heteroatoms. The molecule has 8 rings (SSSR count). The second kappa shape index (κ2) is 14.6. The fraction of sp³-hybridized carbons (Fsp3) is 0.310. The molecule has 0 heterocycles. The van der Waals surface area contributed by atoms with Crippen molar-refractivity contribution in [3.8, 4) is 22.3 Å². The van der Waals surface area contributed by atoms with E-state index in [1.54, 1.807) is 10.4 Å². The number of benzene rings is 6. The average molecular weight is 789 g/mol. The van der Waals surface area contributed by atoms with Crippen molar-refractivity contribution in [1.29, 1.82) is 0 Å². The summed E-state index contributed by atoms with van der Waals surface area (Å²) in [6, 6.07) is 52.0. The Kier molecular flexibility index (Phi) is 10.1. The van der Waals surface area contributed by atoms with Gasteiger partial charge in [0.05, 0.1) is 0 Å². The normalized spacial score (nSPS) is 14.5. The minimum atomic E-state index is -2.77. The molecule has 59 heavy (non-hydrogen) atoms. The highest BCUT2D eigenvalue weighted by Gasteiger charge is 2.47. The van der Waals surface area contributed by atoms with Crippen molar-refractivity contribution in [1.82, 2.24) is 0 Å². The van der Waals surface area contributed by atoms with E-state index in [0.29, 0.717) is 0 Å². The molecular formula is C58H64Si. The Labute approximate surface area is 357 Å². The van der Waals surface area contributed by atoms with Crippen LogP contribution >= 0.6 is 0 Å². The Hall–Kier alpha value is -4.98. The van der Waals surface area contributed by atoms with Gasteiger partial charge in [-0.25, -0.2) is 0 Å². The highest BCUT2D eigenvalue weighted by molar-refractivity contribution is 7.13. The van der Waals surface area contributed by atoms with E-state index >= 15 is 0 Å². The Bertz CT molecular complexity index is 2360. The molecule has 0 aliphatic heterocycles. The summed E-state index contributed by atoms with van der Waals surface area (Å²) in [4.78, 5) is 0. The lowest BCUT2D eigenvalue weighted by molar-refractivity contribution is 0.568. The summed E-state index contributed by atoms with van der Waals surface area (Å²) in [5.41, 5.74) is 16.7. The van der Waals surface area contributed by atoms with Crippen molar-refractivity contribution in [2.45, 2.75) is 118 Å². The molecule has 2 aliphatic carbocycles. The van der Waals surface area contributed by atoms with Gasteiger partial charge in [-0.1, -0.05) is 239 Å². The van der Waals surface area contributed by atoms with Crippen LogP contribution in [0.4, 0.5) is 0 Å². The van der Waals surface area contributed by atoms with Gasteiger partial charge >= 0.3 is 0 Å². The Morgan fingerprint density at radius 1 is 0.356 bits per heavy atom. The number of fused-ring (bicyclic) bond motifs is 2. The molecule has 0 radical (unpaired) electrons. The fourth-order valence-corrected chi connectivity index (χ4v) is 14.8. The first-order chi connectivity index (χ1) is 27.7. The third-order valence-electron chi connectivity index (χ3n) is 13.1. The zero-order chi connectivity index (χ0) is 42.1. The largest absolute Gasteiger partial charge is 0.172 e. The van der Waals surface area contributed by atoms with Crippen molar-refractivity contribution in [2.24, 2.45) is 0 Å². The van der Waals surface area contributed by atoms with E-state index in [4.69, 9.17) is 0 Å². The Morgan fingerprint density at radius 3 is 0.983 bits per heavy atom. The minimum Gasteiger partial charge on any atom is -0.0626 e. The lowest BCUT2D eigenvalue weighted by Crippen LogP contribution is -2.62. The molecule has 0 amide bonds. The van der Waals surface area contributed by atoms with Crippen LogP contribution in [0.2, 0.25) is 0 Å². The summed E-state index contributed by atoms with van der Waals surface area (Å²) >= 11 is 0. The SMILES string of the molecule is CC(C)(C)c1cc(-c2cccc3c2C=C([Si](C2=Cc4c(cccc4-c4cc(C(C)(C)C)cc(C(C)(C)C)c4)C2)(c2ccccc2)c2ccccc2)C3)cc(C(C)(C)C)c1. The monoisotopic (exact) mass is 788 g/mol. The van der Waals surface area contributed by atoms with Crippen molar-refractivity contribution >= 4 is 30.6 Å². The van der Waals surface area contributed by atoms with Crippen molar-refractivity contribution < 1.29 is 0 Å². The lowest BCUT2D eigenvalue weighted by Gasteiger charge is -2.36. The van der Waals surface area contributed by atoms with E-state index < -0.39 is 8.07 Å². The van der Waals surface area contributed by atoms with Crippen LogP contribution in [-0.2, 0) is 34.5 Å². The smallest absolute Gasteiger partial charge is 0.0626 e. The van der Waals surface area contributed by atoms with Gasteiger partial charge in [0, 0.05) is 0 Å². The molecule has 300 valence electrons. The van der Waals surface area contributed by atoms with Crippen LogP contribution < -0.4 is 10.4 Å². The molecule has 0 saturated heterocycles. The third-order valence-corrected chi connectivity index (χ3v) is 18.1. The van der Waals surface area contributed by atoms with Gasteiger partial charge in [-0.3, -0.25) is 0 Å². The first kappa shape index (κ1) is 40.8. The van der Waals surface area contributed by atoms with Gasteiger partial charge in [0.25, 0.3) is 0 Å². The van der Waals surface area contributed by atoms with Crippen LogP contribution in [0.3, 0.4) is 0 Å². The van der Waals surface area contributed by atoms with Gasteiger partial charge < -0.3 is 0 Å². The Morgan fingerprint density at radius 2 is 0.678 bits per heavy atom. The van der Waals surface area contributed by atoms with Crippen LogP contribution in [-0.4, -0.2) is 8.07 Å². The highest BCUT2D eigenvalue weighted by Crippen LogP contribution is 2.45. The van der Waals surface area contributed by atoms with Crippen LogP contribution in [0.15, 0.2) is 144 Å². The van der Waals surface area contributed by atoms with Gasteiger partial charge in [-0.2, -0.15) is 0 Å². The average Bonchev–Trinajstić information content (AvgIpc) is 3.83. The quantitative estimate of drug-likeness (QED) is 0.148. The molecule has 0 aromatic heterocycles. The Balaban J connectivity index is 1.37. The topological polar surface area (TPSA) is 0 Å². The van der Waals surface area contributed by atoms with Gasteiger partial charge in [0.2, 0.25) is 0 Å². The molecule has 0 unspecified atom stereocenters. The summed E-state index contributed by atoms with van der Waals surface area (Å²) < 4.78 is 0. The van der Waals surface area contributed by atoms with E-state index in [1.807, 2.05) is 0 Å². The maximum Gasteiger partial charge on any atom is 0.172 e.